The van der Waals surface area contributed by atoms with E-state index in [2.05, 4.69) is 37.9 Å². The van der Waals surface area contributed by atoms with Crippen molar-refractivity contribution in [3.05, 3.63) is 41.5 Å². The smallest absolute Gasteiger partial charge is 0.321 e. The second-order valence-electron chi connectivity index (χ2n) is 5.35. The van der Waals surface area contributed by atoms with E-state index in [4.69, 9.17) is 0 Å². The number of nitrogens with one attached hydrogen (secondary N) is 1. The zero-order valence-electron chi connectivity index (χ0n) is 12.5. The second-order valence-corrected chi connectivity index (χ2v) is 5.35. The van der Waals surface area contributed by atoms with Crippen molar-refractivity contribution in [3.8, 4) is 0 Å². The number of carbonyl (C=O) groups excluding carboxylic acids is 1. The van der Waals surface area contributed by atoms with Crippen LogP contribution in [0.25, 0.3) is 0 Å². The lowest BCUT2D eigenvalue weighted by Gasteiger charge is -2.21. The number of urea groups is 1. The molecule has 0 aromatic heterocycles. The van der Waals surface area contributed by atoms with E-state index in [1.807, 2.05) is 11.0 Å². The van der Waals surface area contributed by atoms with Crippen LogP contribution in [0, 0.1) is 6.92 Å². The summed E-state index contributed by atoms with van der Waals surface area (Å²) >= 11 is 0. The van der Waals surface area contributed by atoms with Gasteiger partial charge in [0.05, 0.1) is 5.69 Å². The molecule has 108 valence electrons. The Bertz CT molecular complexity index is 508. The number of hydrogen-bond donors (Lipinski definition) is 1. The Hall–Kier alpha value is -1.77. The number of nitrogens with zero attached hydrogens (tertiary/aromatic N) is 1. The highest BCUT2D eigenvalue weighted by atomic mass is 16.2. The predicted octanol–water partition coefficient (Wildman–Crippen LogP) is 3.60. The van der Waals surface area contributed by atoms with Crippen molar-refractivity contribution in [2.24, 2.45) is 0 Å². The van der Waals surface area contributed by atoms with E-state index in [0.717, 1.165) is 44.5 Å². The van der Waals surface area contributed by atoms with Crippen molar-refractivity contribution >= 4 is 11.7 Å². The first-order chi connectivity index (χ1) is 9.69. The monoisotopic (exact) mass is 272 g/mol. The zero-order chi connectivity index (χ0) is 14.5. The third-order valence-electron chi connectivity index (χ3n) is 3.87. The van der Waals surface area contributed by atoms with Crippen molar-refractivity contribution < 1.29 is 4.79 Å². The van der Waals surface area contributed by atoms with Crippen LogP contribution in [0.1, 0.15) is 36.5 Å². The van der Waals surface area contributed by atoms with Gasteiger partial charge in [-0.05, 0) is 42.9 Å². The van der Waals surface area contributed by atoms with Crippen LogP contribution in [0.4, 0.5) is 10.5 Å². The summed E-state index contributed by atoms with van der Waals surface area (Å²) in [7, 11) is 0. The summed E-state index contributed by atoms with van der Waals surface area (Å²) in [5, 5.41) is 3.02. The molecule has 1 aliphatic heterocycles. The molecule has 2 amide bonds. The van der Waals surface area contributed by atoms with E-state index < -0.39 is 0 Å². The van der Waals surface area contributed by atoms with Crippen LogP contribution in [0.3, 0.4) is 0 Å². The maximum absolute atomic E-state index is 12.3. The molecule has 1 aromatic carbocycles. The first-order valence-electron chi connectivity index (χ1n) is 7.46. The summed E-state index contributed by atoms with van der Waals surface area (Å²) in [6, 6.07) is 4.30. The Morgan fingerprint density at radius 3 is 3.00 bits per heavy atom. The molecule has 0 atom stereocenters. The Labute approximate surface area is 121 Å². The van der Waals surface area contributed by atoms with Gasteiger partial charge in [0.1, 0.15) is 0 Å². The van der Waals surface area contributed by atoms with E-state index in [9.17, 15) is 4.79 Å². The number of fused-ring (bicyclic) bond motifs is 1. The van der Waals surface area contributed by atoms with Crippen molar-refractivity contribution in [2.45, 2.75) is 39.5 Å². The Morgan fingerprint density at radius 1 is 1.50 bits per heavy atom. The number of hydrogen-bond acceptors (Lipinski definition) is 1. The van der Waals surface area contributed by atoms with Gasteiger partial charge in [-0.2, -0.15) is 0 Å². The van der Waals surface area contributed by atoms with Gasteiger partial charge in [-0.1, -0.05) is 31.6 Å². The molecule has 3 nitrogen and oxygen atoms in total. The fourth-order valence-electron chi connectivity index (χ4n) is 2.76. The second kappa shape index (κ2) is 6.60. The highest BCUT2D eigenvalue weighted by molar-refractivity contribution is 5.95. The molecule has 1 N–H and O–H groups in total. The van der Waals surface area contributed by atoms with Crippen molar-refractivity contribution in [1.29, 1.82) is 0 Å². The lowest BCUT2D eigenvalue weighted by atomic mass is 10.00. The predicted molar refractivity (Wildman–Crippen MR) is 84.4 cm³/mol. The van der Waals surface area contributed by atoms with E-state index in [0.29, 0.717) is 0 Å². The quantitative estimate of drug-likeness (QED) is 0.644. The van der Waals surface area contributed by atoms with Gasteiger partial charge in [0.2, 0.25) is 0 Å². The van der Waals surface area contributed by atoms with Crippen molar-refractivity contribution in [2.75, 3.05) is 18.0 Å². The summed E-state index contributed by atoms with van der Waals surface area (Å²) < 4.78 is 0. The van der Waals surface area contributed by atoms with Crippen LogP contribution in [-0.2, 0) is 12.8 Å². The topological polar surface area (TPSA) is 32.3 Å². The molecular weight excluding hydrogens is 248 g/mol. The number of unbranched alkanes of at least 4 members (excludes halogenated alkanes) is 1. The average molecular weight is 272 g/mol. The molecule has 0 saturated heterocycles. The first kappa shape index (κ1) is 14.6. The number of rotatable bonds is 5. The van der Waals surface area contributed by atoms with Crippen LogP contribution in [0.2, 0.25) is 0 Å². The molecule has 0 bridgehead atoms. The third kappa shape index (κ3) is 2.87. The number of anilines is 1. The molecule has 0 spiro atoms. The summed E-state index contributed by atoms with van der Waals surface area (Å²) in [6.45, 7) is 9.60. The molecular formula is C17H24N2O. The lowest BCUT2D eigenvalue weighted by Crippen LogP contribution is -2.39. The lowest BCUT2D eigenvalue weighted by molar-refractivity contribution is 0.246. The van der Waals surface area contributed by atoms with Crippen LogP contribution in [-0.4, -0.2) is 19.1 Å². The fourth-order valence-corrected chi connectivity index (χ4v) is 2.76. The normalized spacial score (nSPS) is 13.2. The SMILES string of the molecule is C=CCc1ccc(C)c2c1N(C(=O)NCCCC)CC2. The molecule has 1 heterocycles. The van der Waals surface area contributed by atoms with Gasteiger partial charge in [0, 0.05) is 13.1 Å². The largest absolute Gasteiger partial charge is 0.338 e. The molecule has 0 unspecified atom stereocenters. The minimum atomic E-state index is 0.0353. The maximum Gasteiger partial charge on any atom is 0.321 e. The molecule has 0 radical (unpaired) electrons. The third-order valence-corrected chi connectivity index (χ3v) is 3.87. The highest BCUT2D eigenvalue weighted by Gasteiger charge is 2.27. The van der Waals surface area contributed by atoms with Gasteiger partial charge in [0.25, 0.3) is 0 Å². The highest BCUT2D eigenvalue weighted by Crippen LogP contribution is 2.34. The standard InChI is InChI=1S/C17H24N2O/c1-4-6-11-18-17(20)19-12-10-15-13(3)8-9-14(7-5-2)16(15)19/h5,8-9H,2,4,6-7,10-12H2,1,3H3,(H,18,20). The number of aryl methyl sites for hydroxylation is 1. The van der Waals surface area contributed by atoms with Crippen LogP contribution in [0.5, 0.6) is 0 Å². The van der Waals surface area contributed by atoms with Gasteiger partial charge in [0.15, 0.2) is 0 Å². The minimum Gasteiger partial charge on any atom is -0.338 e. The van der Waals surface area contributed by atoms with Gasteiger partial charge in [-0.15, -0.1) is 6.58 Å². The van der Waals surface area contributed by atoms with E-state index in [1.165, 1.54) is 16.7 Å². The number of amides is 2. The molecule has 20 heavy (non-hydrogen) atoms. The average Bonchev–Trinajstić information content (AvgIpc) is 2.88. The zero-order valence-corrected chi connectivity index (χ0v) is 12.5. The van der Waals surface area contributed by atoms with Crippen LogP contribution >= 0.6 is 0 Å². The summed E-state index contributed by atoms with van der Waals surface area (Å²) in [5.74, 6) is 0. The van der Waals surface area contributed by atoms with Crippen LogP contribution in [0.15, 0.2) is 24.8 Å². The van der Waals surface area contributed by atoms with Gasteiger partial charge in [-0.25, -0.2) is 4.79 Å². The molecule has 0 fully saturated rings. The molecule has 0 saturated carbocycles. The maximum atomic E-state index is 12.3. The molecule has 1 aromatic rings. The minimum absolute atomic E-state index is 0.0353. The summed E-state index contributed by atoms with van der Waals surface area (Å²) in [5.41, 5.74) is 4.90. The van der Waals surface area contributed by atoms with Gasteiger partial charge in [-0.3, -0.25) is 4.90 Å². The Kier molecular flexibility index (Phi) is 4.83. The van der Waals surface area contributed by atoms with E-state index in [-0.39, 0.29) is 6.03 Å². The molecule has 0 aliphatic carbocycles. The van der Waals surface area contributed by atoms with E-state index >= 15 is 0 Å². The van der Waals surface area contributed by atoms with Crippen molar-refractivity contribution in [1.82, 2.24) is 5.32 Å². The summed E-state index contributed by atoms with van der Waals surface area (Å²) in [4.78, 5) is 14.2. The Morgan fingerprint density at radius 2 is 2.30 bits per heavy atom. The van der Waals surface area contributed by atoms with Crippen molar-refractivity contribution in [3.63, 3.8) is 0 Å². The fraction of sp³-hybridized carbons (Fsp3) is 0.471. The van der Waals surface area contributed by atoms with Gasteiger partial charge >= 0.3 is 6.03 Å². The van der Waals surface area contributed by atoms with Crippen LogP contribution < -0.4 is 10.2 Å². The number of allylic oxidation sites excluding steroid dienone is 1. The number of benzene rings is 1. The first-order valence-corrected chi connectivity index (χ1v) is 7.46. The van der Waals surface area contributed by atoms with Gasteiger partial charge < -0.3 is 5.32 Å². The summed E-state index contributed by atoms with van der Waals surface area (Å²) in [6.07, 6.45) is 5.78. The molecule has 1 aliphatic rings. The Balaban J connectivity index is 2.23. The molecule has 2 rings (SSSR count). The number of carbonyl (C=O) groups is 1. The molecule has 3 heteroatoms. The van der Waals surface area contributed by atoms with E-state index in [1.54, 1.807) is 0 Å².